The van der Waals surface area contributed by atoms with Crippen LogP contribution in [0.1, 0.15) is 49.8 Å². The molecule has 3 nitrogen and oxygen atoms in total. The molecule has 116 valence electrons. The Balaban J connectivity index is 2.01. The van der Waals surface area contributed by atoms with E-state index in [9.17, 15) is 18.0 Å². The van der Waals surface area contributed by atoms with Gasteiger partial charge in [-0.25, -0.2) is 0 Å². The first-order valence-electron chi connectivity index (χ1n) is 7.22. The number of carbonyl (C=O) groups excluding carboxylic acids is 1. The van der Waals surface area contributed by atoms with Crippen LogP contribution in [0.2, 0.25) is 0 Å². The van der Waals surface area contributed by atoms with Crippen LogP contribution in [0.15, 0.2) is 18.3 Å². The Labute approximate surface area is 122 Å². The molecule has 1 aliphatic rings. The highest BCUT2D eigenvalue weighted by Gasteiger charge is 2.33. The molecule has 0 saturated carbocycles. The average Bonchev–Trinajstić information content (AvgIpc) is 2.47. The molecule has 6 heteroatoms. The number of amides is 1. The second kappa shape index (κ2) is 6.45. The molecule has 0 spiro atoms. The van der Waals surface area contributed by atoms with Crippen LogP contribution in [0, 0.1) is 0 Å². The molecule has 1 saturated heterocycles. The lowest BCUT2D eigenvalue weighted by Crippen LogP contribution is -2.37. The zero-order valence-corrected chi connectivity index (χ0v) is 12.0. The molecule has 1 aromatic heterocycles. The number of hydrogen-bond acceptors (Lipinski definition) is 2. The fourth-order valence-corrected chi connectivity index (χ4v) is 2.69. The zero-order valence-electron chi connectivity index (χ0n) is 12.0. The number of carbonyl (C=O) groups is 1. The Kier molecular flexibility index (Phi) is 4.85. The van der Waals surface area contributed by atoms with E-state index in [0.29, 0.717) is 37.9 Å². The molecule has 0 radical (unpaired) electrons. The van der Waals surface area contributed by atoms with Gasteiger partial charge in [-0.3, -0.25) is 9.78 Å². The van der Waals surface area contributed by atoms with Crippen LogP contribution in [0.3, 0.4) is 0 Å². The van der Waals surface area contributed by atoms with Crippen LogP contribution >= 0.6 is 0 Å². The topological polar surface area (TPSA) is 33.2 Å². The van der Waals surface area contributed by atoms with Crippen molar-refractivity contribution in [3.05, 3.63) is 29.6 Å². The Hall–Kier alpha value is -1.59. The van der Waals surface area contributed by atoms with Gasteiger partial charge in [-0.15, -0.1) is 0 Å². The minimum atomic E-state index is -4.41. The van der Waals surface area contributed by atoms with Crippen LogP contribution in [-0.2, 0) is 11.0 Å². The van der Waals surface area contributed by atoms with E-state index in [1.807, 2.05) is 11.8 Å². The molecule has 1 aliphatic heterocycles. The van der Waals surface area contributed by atoms with Crippen molar-refractivity contribution in [2.45, 2.75) is 44.7 Å². The second-order valence-electron chi connectivity index (χ2n) is 5.38. The molecule has 0 N–H and O–H groups in total. The molecule has 0 unspecified atom stereocenters. The molecule has 0 aliphatic carbocycles. The van der Waals surface area contributed by atoms with E-state index in [2.05, 4.69) is 4.98 Å². The summed E-state index contributed by atoms with van der Waals surface area (Å²) in [5.74, 6) is 0.210. The van der Waals surface area contributed by atoms with Gasteiger partial charge in [-0.05, 0) is 42.9 Å². The van der Waals surface area contributed by atoms with Gasteiger partial charge in [-0.1, -0.05) is 6.92 Å². The molecule has 0 aromatic carbocycles. The van der Waals surface area contributed by atoms with Gasteiger partial charge >= 0.3 is 6.18 Å². The highest BCUT2D eigenvalue weighted by molar-refractivity contribution is 5.76. The van der Waals surface area contributed by atoms with E-state index in [1.54, 1.807) is 6.07 Å². The fourth-order valence-electron chi connectivity index (χ4n) is 2.69. The summed E-state index contributed by atoms with van der Waals surface area (Å²) >= 11 is 0. The predicted molar refractivity (Wildman–Crippen MR) is 72.7 cm³/mol. The number of aromatic nitrogens is 1. The summed E-state index contributed by atoms with van der Waals surface area (Å²) in [6.07, 6.45) is -0.426. The van der Waals surface area contributed by atoms with Crippen molar-refractivity contribution in [2.75, 3.05) is 13.1 Å². The number of likely N-dealkylation sites (tertiary alicyclic amines) is 1. The Bertz CT molecular complexity index is 494. The zero-order chi connectivity index (χ0) is 15.5. The monoisotopic (exact) mass is 300 g/mol. The highest BCUT2D eigenvalue weighted by atomic mass is 19.4. The van der Waals surface area contributed by atoms with Gasteiger partial charge in [0.15, 0.2) is 0 Å². The number of halogens is 3. The van der Waals surface area contributed by atoms with Crippen molar-refractivity contribution in [1.82, 2.24) is 9.88 Å². The summed E-state index contributed by atoms with van der Waals surface area (Å²) in [5, 5.41) is 0. The Morgan fingerprint density at radius 2 is 2.05 bits per heavy atom. The van der Waals surface area contributed by atoms with Crippen molar-refractivity contribution in [3.63, 3.8) is 0 Å². The molecule has 1 amide bonds. The number of nitrogens with zero attached hydrogens (tertiary/aromatic N) is 2. The lowest BCUT2D eigenvalue weighted by molar-refractivity contribution is -0.141. The first kappa shape index (κ1) is 15.8. The minimum Gasteiger partial charge on any atom is -0.343 e. The number of rotatable bonds is 3. The third-order valence-corrected chi connectivity index (χ3v) is 3.86. The summed E-state index contributed by atoms with van der Waals surface area (Å²) in [4.78, 5) is 17.0. The summed E-state index contributed by atoms with van der Waals surface area (Å²) in [6, 6.07) is 2.78. The highest BCUT2D eigenvalue weighted by Crippen LogP contribution is 2.32. The van der Waals surface area contributed by atoms with Gasteiger partial charge < -0.3 is 4.90 Å². The van der Waals surface area contributed by atoms with Gasteiger partial charge in [0.05, 0.1) is 0 Å². The third kappa shape index (κ3) is 3.95. The third-order valence-electron chi connectivity index (χ3n) is 3.86. The molecule has 0 atom stereocenters. The number of pyridine rings is 1. The minimum absolute atomic E-state index is 0.0692. The van der Waals surface area contributed by atoms with Gasteiger partial charge in [-0.2, -0.15) is 13.2 Å². The maximum Gasteiger partial charge on any atom is 0.433 e. The summed E-state index contributed by atoms with van der Waals surface area (Å²) in [6.45, 7) is 3.20. The quantitative estimate of drug-likeness (QED) is 0.854. The van der Waals surface area contributed by atoms with Gasteiger partial charge in [0, 0.05) is 25.7 Å². The second-order valence-corrected chi connectivity index (χ2v) is 5.38. The van der Waals surface area contributed by atoms with E-state index >= 15 is 0 Å². The summed E-state index contributed by atoms with van der Waals surface area (Å²) < 4.78 is 38.0. The van der Waals surface area contributed by atoms with Gasteiger partial charge in [0.1, 0.15) is 5.69 Å². The molecule has 1 fully saturated rings. The van der Waals surface area contributed by atoms with E-state index in [0.717, 1.165) is 12.5 Å². The van der Waals surface area contributed by atoms with Crippen molar-refractivity contribution in [2.24, 2.45) is 0 Å². The molecule has 2 heterocycles. The van der Waals surface area contributed by atoms with Crippen molar-refractivity contribution in [1.29, 1.82) is 0 Å². The Morgan fingerprint density at radius 3 is 2.62 bits per heavy atom. The largest absolute Gasteiger partial charge is 0.433 e. The molecular formula is C15H19F3N2O. The summed E-state index contributed by atoms with van der Waals surface area (Å²) in [5.41, 5.74) is -0.176. The lowest BCUT2D eigenvalue weighted by Gasteiger charge is -2.32. The molecular weight excluding hydrogens is 281 g/mol. The molecule has 2 rings (SSSR count). The van der Waals surface area contributed by atoms with Crippen LogP contribution in [-0.4, -0.2) is 28.9 Å². The number of piperidine rings is 1. The first-order valence-corrected chi connectivity index (χ1v) is 7.22. The maximum atomic E-state index is 12.7. The van der Waals surface area contributed by atoms with Crippen LogP contribution in [0.4, 0.5) is 13.2 Å². The molecule has 0 bridgehead atoms. The molecule has 1 aromatic rings. The maximum absolute atomic E-state index is 12.7. The van der Waals surface area contributed by atoms with E-state index in [1.165, 1.54) is 6.20 Å². The first-order chi connectivity index (χ1) is 9.91. The number of alkyl halides is 3. The van der Waals surface area contributed by atoms with Crippen molar-refractivity contribution in [3.8, 4) is 0 Å². The smallest absolute Gasteiger partial charge is 0.343 e. The lowest BCUT2D eigenvalue weighted by atomic mass is 9.89. The van der Waals surface area contributed by atoms with E-state index in [4.69, 9.17) is 0 Å². The SMILES string of the molecule is CCCC(=O)N1CCC(c2ccnc(C(F)(F)F)c2)CC1. The van der Waals surface area contributed by atoms with Crippen LogP contribution in [0.25, 0.3) is 0 Å². The van der Waals surface area contributed by atoms with Gasteiger partial charge in [0.2, 0.25) is 5.91 Å². The van der Waals surface area contributed by atoms with Crippen molar-refractivity contribution >= 4 is 5.91 Å². The molecule has 21 heavy (non-hydrogen) atoms. The van der Waals surface area contributed by atoms with Crippen molar-refractivity contribution < 1.29 is 18.0 Å². The summed E-state index contributed by atoms with van der Waals surface area (Å²) in [7, 11) is 0. The van der Waals surface area contributed by atoms with E-state index < -0.39 is 11.9 Å². The van der Waals surface area contributed by atoms with E-state index in [-0.39, 0.29) is 11.8 Å². The van der Waals surface area contributed by atoms with Gasteiger partial charge in [0.25, 0.3) is 0 Å². The standard InChI is InChI=1S/C15H19F3N2O/c1-2-3-14(21)20-8-5-11(6-9-20)12-4-7-19-13(10-12)15(16,17)18/h4,7,10-11H,2-3,5-6,8-9H2,1H3. The van der Waals surface area contributed by atoms with Crippen LogP contribution < -0.4 is 0 Å². The fraction of sp³-hybridized carbons (Fsp3) is 0.600. The number of hydrogen-bond donors (Lipinski definition) is 0. The Morgan fingerprint density at radius 1 is 1.38 bits per heavy atom. The predicted octanol–water partition coefficient (Wildman–Crippen LogP) is 3.61. The average molecular weight is 300 g/mol. The van der Waals surface area contributed by atoms with Crippen LogP contribution in [0.5, 0.6) is 0 Å². The normalized spacial score (nSPS) is 17.0.